The van der Waals surface area contributed by atoms with Crippen LogP contribution in [0, 0.1) is 6.92 Å². The zero-order valence-electron chi connectivity index (χ0n) is 14.2. The van der Waals surface area contributed by atoms with Gasteiger partial charge in [0.25, 0.3) is 0 Å². The molecule has 7 heteroatoms. The van der Waals surface area contributed by atoms with Gasteiger partial charge in [-0.3, -0.25) is 9.69 Å². The minimum atomic E-state index is 0.0248. The van der Waals surface area contributed by atoms with E-state index in [1.165, 1.54) is 0 Å². The van der Waals surface area contributed by atoms with Gasteiger partial charge in [0, 0.05) is 26.6 Å². The summed E-state index contributed by atoms with van der Waals surface area (Å²) in [6, 6.07) is 8.14. The Morgan fingerprint density at radius 2 is 2.25 bits per heavy atom. The number of piperazine rings is 1. The van der Waals surface area contributed by atoms with Crippen molar-refractivity contribution in [1.82, 2.24) is 19.9 Å². The molecule has 2 heterocycles. The summed E-state index contributed by atoms with van der Waals surface area (Å²) >= 11 is 0. The van der Waals surface area contributed by atoms with Gasteiger partial charge in [0.05, 0.1) is 19.6 Å². The topological polar surface area (TPSA) is 71.7 Å². The first kappa shape index (κ1) is 16.4. The van der Waals surface area contributed by atoms with Crippen LogP contribution in [-0.2, 0) is 11.2 Å². The first-order valence-electron chi connectivity index (χ1n) is 7.98. The van der Waals surface area contributed by atoms with Gasteiger partial charge >= 0.3 is 0 Å². The molecule has 2 aromatic rings. The number of carbonyl (C=O) groups excluding carboxylic acids is 1. The third-order valence-corrected chi connectivity index (χ3v) is 4.36. The Balaban J connectivity index is 1.71. The molecule has 7 nitrogen and oxygen atoms in total. The van der Waals surface area contributed by atoms with E-state index in [1.54, 1.807) is 14.0 Å². The van der Waals surface area contributed by atoms with E-state index in [2.05, 4.69) is 28.2 Å². The number of benzene rings is 1. The maximum Gasteiger partial charge on any atom is 0.230 e. The minimum Gasteiger partial charge on any atom is -0.497 e. The van der Waals surface area contributed by atoms with E-state index < -0.39 is 0 Å². The van der Waals surface area contributed by atoms with E-state index in [0.29, 0.717) is 24.8 Å². The van der Waals surface area contributed by atoms with Gasteiger partial charge in [0.1, 0.15) is 5.75 Å². The van der Waals surface area contributed by atoms with Crippen molar-refractivity contribution in [3.8, 4) is 5.75 Å². The molecule has 1 unspecified atom stereocenters. The third kappa shape index (κ3) is 3.56. The fourth-order valence-electron chi connectivity index (χ4n) is 2.97. The number of amides is 1. The molecule has 1 fully saturated rings. The summed E-state index contributed by atoms with van der Waals surface area (Å²) in [7, 11) is 3.74. The van der Waals surface area contributed by atoms with Crippen molar-refractivity contribution in [2.24, 2.45) is 0 Å². The normalized spacial score (nSPS) is 18.6. The predicted octanol–water partition coefficient (Wildman–Crippen LogP) is 1.44. The first-order chi connectivity index (χ1) is 11.6. The van der Waals surface area contributed by atoms with Crippen molar-refractivity contribution in [1.29, 1.82) is 0 Å². The van der Waals surface area contributed by atoms with Gasteiger partial charge in [-0.1, -0.05) is 17.3 Å². The Labute approximate surface area is 141 Å². The molecule has 0 bridgehead atoms. The van der Waals surface area contributed by atoms with Crippen LogP contribution in [0.3, 0.4) is 0 Å². The van der Waals surface area contributed by atoms with Gasteiger partial charge in [-0.15, -0.1) is 0 Å². The fourth-order valence-corrected chi connectivity index (χ4v) is 2.97. The van der Waals surface area contributed by atoms with Gasteiger partial charge in [-0.05, 0) is 24.7 Å². The molecule has 0 aliphatic carbocycles. The zero-order valence-corrected chi connectivity index (χ0v) is 14.2. The van der Waals surface area contributed by atoms with Crippen LogP contribution in [0.2, 0.25) is 0 Å². The van der Waals surface area contributed by atoms with Crippen molar-refractivity contribution < 1.29 is 14.1 Å². The number of hydrogen-bond acceptors (Lipinski definition) is 6. The summed E-state index contributed by atoms with van der Waals surface area (Å²) < 4.78 is 10.2. The lowest BCUT2D eigenvalue weighted by Crippen LogP contribution is -2.49. The third-order valence-electron chi connectivity index (χ3n) is 4.36. The second-order valence-corrected chi connectivity index (χ2v) is 6.02. The molecule has 0 spiro atoms. The van der Waals surface area contributed by atoms with Crippen LogP contribution < -0.4 is 4.74 Å². The van der Waals surface area contributed by atoms with E-state index in [-0.39, 0.29) is 18.4 Å². The fraction of sp³-hybridized carbons (Fsp3) is 0.471. The lowest BCUT2D eigenvalue weighted by molar-refractivity contribution is -0.133. The Hall–Kier alpha value is -2.41. The van der Waals surface area contributed by atoms with Crippen LogP contribution in [0.5, 0.6) is 5.75 Å². The highest BCUT2D eigenvalue weighted by molar-refractivity contribution is 5.78. The van der Waals surface area contributed by atoms with Crippen LogP contribution in [0.4, 0.5) is 0 Å². The summed E-state index contributed by atoms with van der Waals surface area (Å²) in [5.74, 6) is 1.77. The number of hydrogen-bond donors (Lipinski definition) is 0. The highest BCUT2D eigenvalue weighted by atomic mass is 16.5. The van der Waals surface area contributed by atoms with Crippen LogP contribution in [-0.4, -0.2) is 59.6 Å². The van der Waals surface area contributed by atoms with E-state index in [9.17, 15) is 4.79 Å². The summed E-state index contributed by atoms with van der Waals surface area (Å²) in [6.07, 6.45) is 0.173. The molecule has 1 aliphatic rings. The number of rotatable bonds is 4. The Kier molecular flexibility index (Phi) is 4.80. The predicted molar refractivity (Wildman–Crippen MR) is 87.7 cm³/mol. The highest BCUT2D eigenvalue weighted by Crippen LogP contribution is 2.27. The lowest BCUT2D eigenvalue weighted by atomic mass is 10.0. The van der Waals surface area contributed by atoms with Gasteiger partial charge in [-0.2, -0.15) is 4.98 Å². The summed E-state index contributed by atoms with van der Waals surface area (Å²) in [5.41, 5.74) is 1.14. The van der Waals surface area contributed by atoms with E-state index in [4.69, 9.17) is 9.26 Å². The van der Waals surface area contributed by atoms with Gasteiger partial charge in [-0.25, -0.2) is 0 Å². The average Bonchev–Trinajstić information content (AvgIpc) is 3.00. The van der Waals surface area contributed by atoms with Crippen LogP contribution in [0.15, 0.2) is 28.8 Å². The average molecular weight is 330 g/mol. The molecule has 128 valence electrons. The molecule has 3 rings (SSSR count). The molecular weight excluding hydrogens is 308 g/mol. The molecule has 24 heavy (non-hydrogen) atoms. The molecule has 0 saturated carbocycles. The molecule has 1 atom stereocenters. The monoisotopic (exact) mass is 330 g/mol. The maximum atomic E-state index is 12.5. The van der Waals surface area contributed by atoms with E-state index in [1.807, 2.05) is 23.1 Å². The summed E-state index contributed by atoms with van der Waals surface area (Å²) in [6.45, 7) is 3.88. The van der Waals surface area contributed by atoms with Crippen molar-refractivity contribution in [2.75, 3.05) is 33.8 Å². The molecule has 0 N–H and O–H groups in total. The highest BCUT2D eigenvalue weighted by Gasteiger charge is 2.29. The summed E-state index contributed by atoms with van der Waals surface area (Å²) in [5, 5.41) is 3.80. The lowest BCUT2D eigenvalue weighted by Gasteiger charge is -2.39. The quantitative estimate of drug-likeness (QED) is 0.845. The van der Waals surface area contributed by atoms with Crippen molar-refractivity contribution in [3.05, 3.63) is 41.5 Å². The first-order valence-corrected chi connectivity index (χ1v) is 7.98. The molecule has 1 saturated heterocycles. The SMILES string of the molecule is COc1cccc(C2CN(C(=O)Cc3noc(C)n3)CCN2C)c1. The Morgan fingerprint density at radius 3 is 2.96 bits per heavy atom. The minimum absolute atomic E-state index is 0.0248. The molecule has 1 aromatic heterocycles. The molecule has 0 radical (unpaired) electrons. The van der Waals surface area contributed by atoms with Crippen LogP contribution in [0.1, 0.15) is 23.3 Å². The number of methoxy groups -OCH3 is 1. The number of likely N-dealkylation sites (N-methyl/N-ethyl adjacent to an activating group) is 1. The van der Waals surface area contributed by atoms with Crippen molar-refractivity contribution in [2.45, 2.75) is 19.4 Å². The number of aromatic nitrogens is 2. The van der Waals surface area contributed by atoms with Gasteiger partial charge < -0.3 is 14.2 Å². The second kappa shape index (κ2) is 7.00. The standard InChI is InChI=1S/C17H22N4O3/c1-12-18-16(19-24-12)10-17(22)21-8-7-20(2)15(11-21)13-5-4-6-14(9-13)23-3/h4-6,9,15H,7-8,10-11H2,1-3H3. The summed E-state index contributed by atoms with van der Waals surface area (Å²) in [4.78, 5) is 20.8. The largest absolute Gasteiger partial charge is 0.497 e. The number of carbonyl (C=O) groups is 1. The van der Waals surface area contributed by atoms with Crippen molar-refractivity contribution >= 4 is 5.91 Å². The van der Waals surface area contributed by atoms with Crippen molar-refractivity contribution in [3.63, 3.8) is 0 Å². The molecule has 1 aromatic carbocycles. The number of ether oxygens (including phenoxy) is 1. The second-order valence-electron chi connectivity index (χ2n) is 6.02. The smallest absolute Gasteiger partial charge is 0.230 e. The number of aryl methyl sites for hydroxylation is 1. The van der Waals surface area contributed by atoms with Crippen LogP contribution >= 0.6 is 0 Å². The molecular formula is C17H22N4O3. The Morgan fingerprint density at radius 1 is 1.42 bits per heavy atom. The van der Waals surface area contributed by atoms with Gasteiger partial charge in [0.15, 0.2) is 5.82 Å². The molecule has 1 aliphatic heterocycles. The Bertz CT molecular complexity index is 715. The number of nitrogens with zero attached hydrogens (tertiary/aromatic N) is 4. The van der Waals surface area contributed by atoms with Crippen LogP contribution in [0.25, 0.3) is 0 Å². The van der Waals surface area contributed by atoms with Gasteiger partial charge in [0.2, 0.25) is 11.8 Å². The zero-order chi connectivity index (χ0) is 17.1. The maximum absolute atomic E-state index is 12.5. The molecule has 1 amide bonds. The van der Waals surface area contributed by atoms with E-state index >= 15 is 0 Å². The van der Waals surface area contributed by atoms with E-state index in [0.717, 1.165) is 17.9 Å².